The zero-order valence-corrected chi connectivity index (χ0v) is 12.1. The Morgan fingerprint density at radius 2 is 2.26 bits per heavy atom. The molecule has 0 fully saturated rings. The Labute approximate surface area is 121 Å². The summed E-state index contributed by atoms with van der Waals surface area (Å²) in [5, 5.41) is 3.40. The fraction of sp³-hybridized carbons (Fsp3) is 0.385. The van der Waals surface area contributed by atoms with Crippen molar-refractivity contribution in [3.63, 3.8) is 0 Å². The van der Waals surface area contributed by atoms with Gasteiger partial charge in [0.15, 0.2) is 0 Å². The summed E-state index contributed by atoms with van der Waals surface area (Å²) in [5.74, 6) is 0.843. The molecule has 1 aromatic carbocycles. The second kappa shape index (κ2) is 6.26. The number of hydrogen-bond acceptors (Lipinski definition) is 2. The monoisotopic (exact) mass is 299 g/mol. The highest BCUT2D eigenvalue weighted by Crippen LogP contribution is 2.24. The Bertz CT molecular complexity index is 595. The Morgan fingerprint density at radius 3 is 2.95 bits per heavy atom. The third-order valence-corrected chi connectivity index (χ3v) is 3.35. The number of aromatic nitrogens is 2. The van der Waals surface area contributed by atoms with Gasteiger partial charge in [-0.05, 0) is 18.6 Å². The summed E-state index contributed by atoms with van der Waals surface area (Å²) in [4.78, 5) is 16.2. The lowest BCUT2D eigenvalue weighted by Crippen LogP contribution is -2.28. The van der Waals surface area contributed by atoms with Crippen LogP contribution in [0.5, 0.6) is 0 Å². The number of nitrogens with one attached hydrogen (secondary N) is 1. The van der Waals surface area contributed by atoms with E-state index in [-0.39, 0.29) is 18.3 Å². The van der Waals surface area contributed by atoms with Gasteiger partial charge in [0.1, 0.15) is 17.9 Å². The summed E-state index contributed by atoms with van der Waals surface area (Å²) in [7, 11) is 0. The zero-order valence-electron chi connectivity index (χ0n) is 10.6. The molecule has 2 aromatic rings. The highest BCUT2D eigenvalue weighted by molar-refractivity contribution is 6.35. The van der Waals surface area contributed by atoms with Crippen LogP contribution in [0.4, 0.5) is 0 Å². The number of hydrogen-bond donors (Lipinski definition) is 1. The molecule has 19 heavy (non-hydrogen) atoms. The number of halogens is 2. The van der Waals surface area contributed by atoms with E-state index in [1.54, 1.807) is 10.6 Å². The van der Waals surface area contributed by atoms with Gasteiger partial charge < -0.3 is 9.88 Å². The highest BCUT2D eigenvalue weighted by atomic mass is 35.5. The van der Waals surface area contributed by atoms with Crippen molar-refractivity contribution in [2.75, 3.05) is 6.54 Å². The first-order valence-corrected chi connectivity index (χ1v) is 7.05. The second-order valence-corrected chi connectivity index (χ2v) is 4.88. The van der Waals surface area contributed by atoms with E-state index < -0.39 is 0 Å². The van der Waals surface area contributed by atoms with Gasteiger partial charge in [-0.1, -0.05) is 24.6 Å². The first kappa shape index (κ1) is 14.2. The van der Waals surface area contributed by atoms with Crippen molar-refractivity contribution < 1.29 is 4.79 Å². The van der Waals surface area contributed by atoms with Crippen molar-refractivity contribution in [2.24, 2.45) is 0 Å². The molecular formula is C13H15Cl2N3O. The average molecular weight is 300 g/mol. The topological polar surface area (TPSA) is 46.9 Å². The summed E-state index contributed by atoms with van der Waals surface area (Å²) < 4.78 is 1.80. The Hall–Kier alpha value is -1.26. The van der Waals surface area contributed by atoms with Gasteiger partial charge in [0.25, 0.3) is 0 Å². The SMILES string of the molecule is CCCNC(=O)Cn1c(CCl)nc2c(Cl)cccc21. The quantitative estimate of drug-likeness (QED) is 0.863. The molecule has 0 bridgehead atoms. The van der Waals surface area contributed by atoms with E-state index in [4.69, 9.17) is 23.2 Å². The van der Waals surface area contributed by atoms with Crippen LogP contribution in [0.3, 0.4) is 0 Å². The zero-order chi connectivity index (χ0) is 13.8. The summed E-state index contributed by atoms with van der Waals surface area (Å²) >= 11 is 12.0. The van der Waals surface area contributed by atoms with Crippen LogP contribution in [-0.4, -0.2) is 22.0 Å². The number of para-hydroxylation sites is 1. The van der Waals surface area contributed by atoms with Gasteiger partial charge in [-0.15, -0.1) is 11.6 Å². The molecule has 1 aromatic heterocycles. The van der Waals surface area contributed by atoms with Crippen molar-refractivity contribution in [3.8, 4) is 0 Å². The number of imidazole rings is 1. The molecule has 0 unspecified atom stereocenters. The number of rotatable bonds is 5. The maximum Gasteiger partial charge on any atom is 0.240 e. The second-order valence-electron chi connectivity index (χ2n) is 4.21. The van der Waals surface area contributed by atoms with Gasteiger partial charge in [-0.25, -0.2) is 4.98 Å². The summed E-state index contributed by atoms with van der Waals surface area (Å²) in [5.41, 5.74) is 1.51. The Balaban J connectivity index is 2.35. The first-order valence-electron chi connectivity index (χ1n) is 6.13. The summed E-state index contributed by atoms with van der Waals surface area (Å²) in [6.07, 6.45) is 0.907. The number of fused-ring (bicyclic) bond motifs is 1. The summed E-state index contributed by atoms with van der Waals surface area (Å²) in [6, 6.07) is 5.50. The van der Waals surface area contributed by atoms with E-state index in [0.29, 0.717) is 22.9 Å². The summed E-state index contributed by atoms with van der Waals surface area (Å²) in [6.45, 7) is 2.89. The number of amides is 1. The molecule has 1 N–H and O–H groups in total. The van der Waals surface area contributed by atoms with Gasteiger partial charge >= 0.3 is 0 Å². The molecule has 0 aliphatic carbocycles. The molecule has 0 atom stereocenters. The molecular weight excluding hydrogens is 285 g/mol. The van der Waals surface area contributed by atoms with Crippen LogP contribution in [0, 0.1) is 0 Å². The fourth-order valence-electron chi connectivity index (χ4n) is 1.90. The lowest BCUT2D eigenvalue weighted by Gasteiger charge is -2.08. The van der Waals surface area contributed by atoms with E-state index in [9.17, 15) is 4.79 Å². The van der Waals surface area contributed by atoms with Crippen molar-refractivity contribution in [2.45, 2.75) is 25.8 Å². The van der Waals surface area contributed by atoms with Gasteiger partial charge in [0.05, 0.1) is 16.4 Å². The normalized spacial score (nSPS) is 10.9. The van der Waals surface area contributed by atoms with Crippen LogP contribution in [0.2, 0.25) is 5.02 Å². The fourth-order valence-corrected chi connectivity index (χ4v) is 2.32. The van der Waals surface area contributed by atoms with Crippen molar-refractivity contribution in [3.05, 3.63) is 29.0 Å². The number of carbonyl (C=O) groups excluding carboxylic acids is 1. The van der Waals surface area contributed by atoms with E-state index in [0.717, 1.165) is 11.9 Å². The predicted octanol–water partition coefficient (Wildman–Crippen LogP) is 2.95. The smallest absolute Gasteiger partial charge is 0.240 e. The Kier molecular flexibility index (Phi) is 4.66. The minimum atomic E-state index is -0.0486. The van der Waals surface area contributed by atoms with Gasteiger partial charge in [0.2, 0.25) is 5.91 Å². The molecule has 0 saturated carbocycles. The molecule has 0 aliphatic heterocycles. The van der Waals surface area contributed by atoms with Gasteiger partial charge in [-0.2, -0.15) is 0 Å². The van der Waals surface area contributed by atoms with Gasteiger partial charge in [-0.3, -0.25) is 4.79 Å². The molecule has 0 aliphatic rings. The van der Waals surface area contributed by atoms with Crippen LogP contribution in [0.15, 0.2) is 18.2 Å². The standard InChI is InChI=1S/C13H15Cl2N3O/c1-2-6-16-12(19)8-18-10-5-3-4-9(15)13(10)17-11(18)7-14/h3-5H,2,6-8H2,1H3,(H,16,19). The third kappa shape index (κ3) is 3.01. The van der Waals surface area contributed by atoms with Crippen LogP contribution in [0.1, 0.15) is 19.2 Å². The average Bonchev–Trinajstić information content (AvgIpc) is 2.76. The number of benzene rings is 1. The largest absolute Gasteiger partial charge is 0.355 e. The van der Waals surface area contributed by atoms with Crippen molar-refractivity contribution in [1.29, 1.82) is 0 Å². The lowest BCUT2D eigenvalue weighted by atomic mass is 10.3. The van der Waals surface area contributed by atoms with Crippen molar-refractivity contribution >= 4 is 40.1 Å². The van der Waals surface area contributed by atoms with Crippen LogP contribution in [0.25, 0.3) is 11.0 Å². The third-order valence-electron chi connectivity index (χ3n) is 2.80. The molecule has 2 rings (SSSR count). The first-order chi connectivity index (χ1) is 9.17. The van der Waals surface area contributed by atoms with Crippen LogP contribution >= 0.6 is 23.2 Å². The highest BCUT2D eigenvalue weighted by Gasteiger charge is 2.14. The molecule has 6 heteroatoms. The maximum absolute atomic E-state index is 11.8. The number of alkyl halides is 1. The molecule has 102 valence electrons. The molecule has 0 spiro atoms. The van der Waals surface area contributed by atoms with Gasteiger partial charge in [0, 0.05) is 6.54 Å². The predicted molar refractivity (Wildman–Crippen MR) is 77.6 cm³/mol. The van der Waals surface area contributed by atoms with Crippen LogP contribution in [-0.2, 0) is 17.2 Å². The maximum atomic E-state index is 11.8. The molecule has 0 radical (unpaired) electrons. The molecule has 0 saturated heterocycles. The van der Waals surface area contributed by atoms with E-state index in [1.165, 1.54) is 0 Å². The minimum absolute atomic E-state index is 0.0486. The van der Waals surface area contributed by atoms with E-state index >= 15 is 0 Å². The molecule has 4 nitrogen and oxygen atoms in total. The molecule has 1 amide bonds. The number of nitrogens with zero attached hydrogens (tertiary/aromatic N) is 2. The molecule has 1 heterocycles. The van der Waals surface area contributed by atoms with E-state index in [1.807, 2.05) is 19.1 Å². The number of carbonyl (C=O) groups is 1. The lowest BCUT2D eigenvalue weighted by molar-refractivity contribution is -0.121. The van der Waals surface area contributed by atoms with Crippen LogP contribution < -0.4 is 5.32 Å². The van der Waals surface area contributed by atoms with E-state index in [2.05, 4.69) is 10.3 Å². The minimum Gasteiger partial charge on any atom is -0.355 e. The Morgan fingerprint density at radius 1 is 1.47 bits per heavy atom. The van der Waals surface area contributed by atoms with Crippen molar-refractivity contribution in [1.82, 2.24) is 14.9 Å².